The first-order valence-corrected chi connectivity index (χ1v) is 4.68. The fraction of sp³-hybridized carbons (Fsp3) is 0.800. The Morgan fingerprint density at radius 2 is 2.08 bits per heavy atom. The van der Waals surface area contributed by atoms with E-state index in [-0.39, 0.29) is 5.78 Å². The van der Waals surface area contributed by atoms with Crippen LogP contribution in [0.3, 0.4) is 0 Å². The largest absolute Gasteiger partial charge is 0.300 e. The SMILES string of the molecule is CC(=O)CCN(CCC#N)C(C)C. The molecule has 0 amide bonds. The minimum Gasteiger partial charge on any atom is -0.300 e. The lowest BCUT2D eigenvalue weighted by Crippen LogP contribution is -2.33. The van der Waals surface area contributed by atoms with Gasteiger partial charge in [0.2, 0.25) is 0 Å². The van der Waals surface area contributed by atoms with Crippen molar-refractivity contribution in [3.8, 4) is 6.07 Å². The number of carbonyl (C=O) groups excluding carboxylic acids is 1. The molecule has 0 unspecified atom stereocenters. The maximum absolute atomic E-state index is 10.8. The highest BCUT2D eigenvalue weighted by Crippen LogP contribution is 2.01. The summed E-state index contributed by atoms with van der Waals surface area (Å²) in [4.78, 5) is 12.9. The maximum atomic E-state index is 10.8. The van der Waals surface area contributed by atoms with Crippen LogP contribution in [0.2, 0.25) is 0 Å². The molecule has 0 aliphatic heterocycles. The molecule has 0 rings (SSSR count). The molecule has 0 aliphatic rings. The van der Waals surface area contributed by atoms with Gasteiger partial charge < -0.3 is 0 Å². The Kier molecular flexibility index (Phi) is 6.17. The molecule has 0 aromatic heterocycles. The van der Waals surface area contributed by atoms with E-state index in [0.717, 1.165) is 13.1 Å². The van der Waals surface area contributed by atoms with Crippen LogP contribution in [0.15, 0.2) is 0 Å². The van der Waals surface area contributed by atoms with Crippen molar-refractivity contribution in [3.05, 3.63) is 0 Å². The number of hydrogen-bond acceptors (Lipinski definition) is 3. The lowest BCUT2D eigenvalue weighted by molar-refractivity contribution is -0.117. The van der Waals surface area contributed by atoms with Gasteiger partial charge in [-0.05, 0) is 20.8 Å². The van der Waals surface area contributed by atoms with E-state index in [1.807, 2.05) is 0 Å². The van der Waals surface area contributed by atoms with Crippen molar-refractivity contribution in [2.75, 3.05) is 13.1 Å². The van der Waals surface area contributed by atoms with Crippen LogP contribution >= 0.6 is 0 Å². The molecule has 0 atom stereocenters. The van der Waals surface area contributed by atoms with Gasteiger partial charge in [0.05, 0.1) is 6.07 Å². The van der Waals surface area contributed by atoms with Crippen LogP contribution in [0.1, 0.15) is 33.6 Å². The van der Waals surface area contributed by atoms with Gasteiger partial charge in [0, 0.05) is 32.0 Å². The molecule has 0 saturated carbocycles. The van der Waals surface area contributed by atoms with Crippen molar-refractivity contribution in [2.24, 2.45) is 0 Å². The zero-order valence-corrected chi connectivity index (χ0v) is 8.71. The number of carbonyl (C=O) groups is 1. The average molecular weight is 182 g/mol. The highest BCUT2D eigenvalue weighted by atomic mass is 16.1. The summed E-state index contributed by atoms with van der Waals surface area (Å²) in [5.41, 5.74) is 0. The summed E-state index contributed by atoms with van der Waals surface area (Å²) in [6.45, 7) is 7.30. The van der Waals surface area contributed by atoms with Gasteiger partial charge in [0.15, 0.2) is 0 Å². The smallest absolute Gasteiger partial charge is 0.131 e. The van der Waals surface area contributed by atoms with Gasteiger partial charge in [-0.2, -0.15) is 5.26 Å². The molecule has 74 valence electrons. The Bertz CT molecular complexity index is 194. The number of hydrogen-bond donors (Lipinski definition) is 0. The fourth-order valence-corrected chi connectivity index (χ4v) is 1.12. The van der Waals surface area contributed by atoms with Crippen molar-refractivity contribution < 1.29 is 4.79 Å². The van der Waals surface area contributed by atoms with Gasteiger partial charge in [0.1, 0.15) is 5.78 Å². The molecule has 13 heavy (non-hydrogen) atoms. The summed E-state index contributed by atoms with van der Waals surface area (Å²) in [5, 5.41) is 8.43. The standard InChI is InChI=1S/C10H18N2O/c1-9(2)12(7-4-6-11)8-5-10(3)13/h9H,4-5,7-8H2,1-3H3. The van der Waals surface area contributed by atoms with Crippen molar-refractivity contribution in [1.29, 1.82) is 5.26 Å². The Hall–Kier alpha value is -0.880. The van der Waals surface area contributed by atoms with Crippen LogP contribution in [0.4, 0.5) is 0 Å². The molecule has 0 heterocycles. The number of nitriles is 1. The Labute approximate surface area is 80.3 Å². The lowest BCUT2D eigenvalue weighted by Gasteiger charge is -2.24. The van der Waals surface area contributed by atoms with E-state index >= 15 is 0 Å². The van der Waals surface area contributed by atoms with Crippen LogP contribution in [-0.2, 0) is 4.79 Å². The Morgan fingerprint density at radius 1 is 1.46 bits per heavy atom. The van der Waals surface area contributed by atoms with Gasteiger partial charge in [-0.15, -0.1) is 0 Å². The minimum atomic E-state index is 0.211. The monoisotopic (exact) mass is 182 g/mol. The first-order valence-electron chi connectivity index (χ1n) is 4.68. The predicted octanol–water partition coefficient (Wildman–Crippen LogP) is 1.59. The maximum Gasteiger partial charge on any atom is 0.131 e. The molecule has 0 bridgehead atoms. The molecular formula is C10H18N2O. The molecule has 3 nitrogen and oxygen atoms in total. The normalized spacial score (nSPS) is 10.5. The molecule has 3 heteroatoms. The summed E-state index contributed by atoms with van der Waals surface area (Å²) >= 11 is 0. The van der Waals surface area contributed by atoms with Crippen LogP contribution in [0, 0.1) is 11.3 Å². The molecule has 0 saturated heterocycles. The second kappa shape index (κ2) is 6.62. The van der Waals surface area contributed by atoms with E-state index in [0.29, 0.717) is 18.9 Å². The summed E-state index contributed by atoms with van der Waals surface area (Å²) in [5.74, 6) is 0.211. The summed E-state index contributed by atoms with van der Waals surface area (Å²) in [6, 6.07) is 2.52. The topological polar surface area (TPSA) is 44.1 Å². The van der Waals surface area contributed by atoms with Gasteiger partial charge in [-0.25, -0.2) is 0 Å². The number of ketones is 1. The Morgan fingerprint density at radius 3 is 2.46 bits per heavy atom. The molecule has 0 radical (unpaired) electrons. The molecule has 0 fully saturated rings. The van der Waals surface area contributed by atoms with Crippen molar-refractivity contribution >= 4 is 5.78 Å². The van der Waals surface area contributed by atoms with Crippen molar-refractivity contribution in [2.45, 2.75) is 39.7 Å². The zero-order chi connectivity index (χ0) is 10.3. The second-order valence-corrected chi connectivity index (χ2v) is 3.49. The van der Waals surface area contributed by atoms with E-state index in [1.165, 1.54) is 0 Å². The van der Waals surface area contributed by atoms with Gasteiger partial charge in [-0.3, -0.25) is 9.69 Å². The zero-order valence-electron chi connectivity index (χ0n) is 8.71. The number of Topliss-reactive ketones (excluding diaryl/α,β-unsaturated/α-hetero) is 1. The van der Waals surface area contributed by atoms with Crippen LogP contribution in [0.5, 0.6) is 0 Å². The molecular weight excluding hydrogens is 164 g/mol. The number of nitrogens with zero attached hydrogens (tertiary/aromatic N) is 2. The third-order valence-electron chi connectivity index (χ3n) is 1.99. The second-order valence-electron chi connectivity index (χ2n) is 3.49. The van der Waals surface area contributed by atoms with Crippen LogP contribution in [-0.4, -0.2) is 29.8 Å². The number of rotatable bonds is 6. The summed E-state index contributed by atoms with van der Waals surface area (Å²) < 4.78 is 0. The first kappa shape index (κ1) is 12.1. The van der Waals surface area contributed by atoms with E-state index in [4.69, 9.17) is 5.26 Å². The van der Waals surface area contributed by atoms with Gasteiger partial charge >= 0.3 is 0 Å². The summed E-state index contributed by atoms with van der Waals surface area (Å²) in [7, 11) is 0. The van der Waals surface area contributed by atoms with Gasteiger partial charge in [-0.1, -0.05) is 0 Å². The third kappa shape index (κ3) is 6.30. The third-order valence-corrected chi connectivity index (χ3v) is 1.99. The first-order chi connectivity index (χ1) is 6.07. The minimum absolute atomic E-state index is 0.211. The van der Waals surface area contributed by atoms with E-state index < -0.39 is 0 Å². The Balaban J connectivity index is 3.81. The lowest BCUT2D eigenvalue weighted by atomic mass is 10.2. The quantitative estimate of drug-likeness (QED) is 0.626. The summed E-state index contributed by atoms with van der Waals surface area (Å²) in [6.07, 6.45) is 1.12. The molecule has 0 spiro atoms. The van der Waals surface area contributed by atoms with Crippen molar-refractivity contribution in [3.63, 3.8) is 0 Å². The molecule has 0 aromatic carbocycles. The van der Waals surface area contributed by atoms with Crippen molar-refractivity contribution in [1.82, 2.24) is 4.90 Å². The van der Waals surface area contributed by atoms with E-state index in [9.17, 15) is 4.79 Å². The fourth-order valence-electron chi connectivity index (χ4n) is 1.12. The highest BCUT2D eigenvalue weighted by Gasteiger charge is 2.08. The van der Waals surface area contributed by atoms with Crippen LogP contribution in [0.25, 0.3) is 0 Å². The van der Waals surface area contributed by atoms with E-state index in [2.05, 4.69) is 24.8 Å². The average Bonchev–Trinajstić information content (AvgIpc) is 2.03. The predicted molar refractivity (Wildman–Crippen MR) is 52.2 cm³/mol. The van der Waals surface area contributed by atoms with E-state index in [1.54, 1.807) is 6.92 Å². The molecule has 0 aliphatic carbocycles. The molecule has 0 N–H and O–H groups in total. The van der Waals surface area contributed by atoms with Crippen LogP contribution < -0.4 is 0 Å². The molecule has 0 aromatic rings. The highest BCUT2D eigenvalue weighted by molar-refractivity contribution is 5.75. The van der Waals surface area contributed by atoms with Gasteiger partial charge in [0.25, 0.3) is 0 Å².